The Morgan fingerprint density at radius 1 is 1.33 bits per heavy atom. The quantitative estimate of drug-likeness (QED) is 0.441. The van der Waals surface area contributed by atoms with Gasteiger partial charge in [-0.15, -0.1) is 0 Å². The summed E-state index contributed by atoms with van der Waals surface area (Å²) in [5.41, 5.74) is 0. The zero-order chi connectivity index (χ0) is 3.58. The summed E-state index contributed by atoms with van der Waals surface area (Å²) in [5, 5.41) is 0. The summed E-state index contributed by atoms with van der Waals surface area (Å²) in [6, 6.07) is 0. The Bertz CT molecular complexity index is 33.8. The van der Waals surface area contributed by atoms with Gasteiger partial charge in [0.05, 0.1) is 0 Å². The number of rotatable bonds is 0. The maximum absolute atomic E-state index is 8.54. The van der Waals surface area contributed by atoms with Gasteiger partial charge in [0.2, 0.25) is 0 Å². The Balaban J connectivity index is -0.0000000450. The fraction of sp³-hybridized carbons (Fsp3) is 0. The van der Waals surface area contributed by atoms with Gasteiger partial charge in [0.15, 0.2) is 0 Å². The van der Waals surface area contributed by atoms with Crippen LogP contribution in [-0.2, 0) is 20.9 Å². The van der Waals surface area contributed by atoms with Gasteiger partial charge in [-0.05, 0) is 0 Å². The fourth-order valence-corrected chi connectivity index (χ4v) is 0. The van der Waals surface area contributed by atoms with Crippen LogP contribution in [0.4, 0.5) is 0 Å². The van der Waals surface area contributed by atoms with Crippen LogP contribution in [0.2, 0.25) is 0 Å². The molecule has 0 amide bonds. The molecule has 0 saturated carbocycles. The molecule has 0 bridgehead atoms. The van der Waals surface area contributed by atoms with E-state index in [0.717, 1.165) is 0 Å². The van der Waals surface area contributed by atoms with E-state index in [9.17, 15) is 0 Å². The molecule has 4 radical (unpaired) electrons. The van der Waals surface area contributed by atoms with Crippen LogP contribution >= 0.6 is 0 Å². The van der Waals surface area contributed by atoms with Crippen LogP contribution in [0.25, 0.3) is 0 Å². The van der Waals surface area contributed by atoms with Crippen molar-refractivity contribution in [2.75, 3.05) is 0 Å². The summed E-state index contributed by atoms with van der Waals surface area (Å²) >= 11 is -3.79. The first-order valence-corrected chi connectivity index (χ1v) is 2.60. The van der Waals surface area contributed by atoms with Crippen LogP contribution in [-0.4, -0.2) is 40.3 Å². The zero-order valence-electron chi connectivity index (χ0n) is 2.51. The van der Waals surface area contributed by atoms with Crippen LogP contribution in [0.1, 0.15) is 0 Å². The average molecular weight is 305 g/mol. The first kappa shape index (κ1) is 15.6. The molecule has 0 aromatic rings. The predicted molar refractivity (Wildman–Crippen MR) is 12.2 cm³/mol. The van der Waals surface area contributed by atoms with Gasteiger partial charge in [-0.25, -0.2) is 0 Å². The van der Waals surface area contributed by atoms with Crippen molar-refractivity contribution < 1.29 is 29.3 Å². The van der Waals surface area contributed by atoms with Crippen molar-refractivity contribution in [2.45, 2.75) is 0 Å². The molecule has 0 aliphatic carbocycles. The standard InChI is InChI=1S/Cu.In.H2O3Se/c;;1-4(2)3/h;;(H2,1,2,3)/q+2;;/p-2. The summed E-state index contributed by atoms with van der Waals surface area (Å²) in [6.45, 7) is 0. The molecule has 0 N–H and O–H groups in total. The third-order valence-corrected chi connectivity index (χ3v) is 0. The molecule has 0 aromatic carbocycles. The van der Waals surface area contributed by atoms with E-state index in [1.807, 2.05) is 0 Å². The minimum atomic E-state index is -3.79. The van der Waals surface area contributed by atoms with E-state index in [4.69, 9.17) is 12.2 Å². The third kappa shape index (κ3) is 45.5. The molecule has 0 unspecified atom stereocenters. The van der Waals surface area contributed by atoms with Crippen LogP contribution in [0.5, 0.6) is 0 Å². The van der Waals surface area contributed by atoms with Crippen molar-refractivity contribution in [3.63, 3.8) is 0 Å². The Morgan fingerprint density at radius 3 is 1.33 bits per heavy atom. The van der Waals surface area contributed by atoms with Gasteiger partial charge in [0, 0.05) is 25.8 Å². The second-order valence-electron chi connectivity index (χ2n) is 0.204. The summed E-state index contributed by atoms with van der Waals surface area (Å²) in [6.07, 6.45) is 0. The molecule has 6 heteroatoms. The summed E-state index contributed by atoms with van der Waals surface area (Å²) in [5.74, 6) is 0. The number of hydrogen-bond donors (Lipinski definition) is 0. The van der Waals surface area contributed by atoms with Crippen LogP contribution in [0.3, 0.4) is 0 Å². The SMILES string of the molecule is O=[Se]([O-])[O-].[Cu+2].[In]. The van der Waals surface area contributed by atoms with Gasteiger partial charge in [0.1, 0.15) is 0 Å². The fourth-order valence-electron chi connectivity index (χ4n) is 0. The molecule has 0 heterocycles. The smallest absolute Gasteiger partial charge is 0 e. The molecule has 0 aliphatic heterocycles. The van der Waals surface area contributed by atoms with Crippen LogP contribution < -0.4 is 8.38 Å². The summed E-state index contributed by atoms with van der Waals surface area (Å²) in [7, 11) is 0. The van der Waals surface area contributed by atoms with Crippen molar-refractivity contribution in [3.8, 4) is 0 Å². The molecule has 6 heavy (non-hydrogen) atoms. The van der Waals surface area contributed by atoms with Gasteiger partial charge >= 0.3 is 43.8 Å². The largest absolute Gasteiger partial charge is 2.00 e. The number of hydrogen-bond acceptors (Lipinski definition) is 3. The zero-order valence-corrected chi connectivity index (χ0v) is 8.46. The second-order valence-corrected chi connectivity index (χ2v) is 1.06. The molecular formula is CuInO3Se. The normalized spacial score (nSPS) is 5.83. The van der Waals surface area contributed by atoms with Crippen LogP contribution in [0, 0.1) is 0 Å². The van der Waals surface area contributed by atoms with Crippen molar-refractivity contribution in [3.05, 3.63) is 0 Å². The van der Waals surface area contributed by atoms with E-state index in [0.29, 0.717) is 0 Å². The molecule has 0 aromatic heterocycles. The first-order valence-electron chi connectivity index (χ1n) is 0.500. The minimum absolute atomic E-state index is 0. The van der Waals surface area contributed by atoms with E-state index in [1.165, 1.54) is 0 Å². The van der Waals surface area contributed by atoms with Crippen LogP contribution in [0.15, 0.2) is 0 Å². The molecule has 0 rings (SSSR count). The van der Waals surface area contributed by atoms with Crippen molar-refractivity contribution >= 4 is 40.3 Å². The third-order valence-electron chi connectivity index (χ3n) is 0. The summed E-state index contributed by atoms with van der Waals surface area (Å²) < 4.78 is 25.6. The molecule has 0 atom stereocenters. The molecule has 0 spiro atoms. The Hall–Kier alpha value is 1.63. The van der Waals surface area contributed by atoms with E-state index in [2.05, 4.69) is 0 Å². The van der Waals surface area contributed by atoms with E-state index >= 15 is 0 Å². The van der Waals surface area contributed by atoms with Gasteiger partial charge < -0.3 is 0 Å². The maximum Gasteiger partial charge on any atom is 2.00 e. The Morgan fingerprint density at radius 2 is 1.33 bits per heavy atom. The van der Waals surface area contributed by atoms with Crippen molar-refractivity contribution in [1.29, 1.82) is 0 Å². The average Bonchev–Trinajstić information content (AvgIpc) is 0.811. The maximum atomic E-state index is 8.54. The Kier molecular flexibility index (Phi) is 25.6. The minimum Gasteiger partial charge on any atom is 0 e. The van der Waals surface area contributed by atoms with Crippen molar-refractivity contribution in [2.24, 2.45) is 0 Å². The van der Waals surface area contributed by atoms with E-state index in [1.54, 1.807) is 0 Å². The van der Waals surface area contributed by atoms with Gasteiger partial charge in [0.25, 0.3) is 0 Å². The van der Waals surface area contributed by atoms with E-state index < -0.39 is 14.5 Å². The molecule has 3 nitrogen and oxygen atoms in total. The van der Waals surface area contributed by atoms with E-state index in [-0.39, 0.29) is 42.9 Å². The molecule has 0 aliphatic rings. The molecule has 0 saturated heterocycles. The second kappa shape index (κ2) is 9.80. The molecular weight excluding hydrogens is 305 g/mol. The molecule has 38 valence electrons. The summed E-state index contributed by atoms with van der Waals surface area (Å²) in [4.78, 5) is 0. The predicted octanol–water partition coefficient (Wildman–Crippen LogP) is -3.26. The van der Waals surface area contributed by atoms with Crippen molar-refractivity contribution in [1.82, 2.24) is 0 Å². The van der Waals surface area contributed by atoms with Gasteiger partial charge in [-0.2, -0.15) is 0 Å². The topological polar surface area (TPSA) is 63.2 Å². The van der Waals surface area contributed by atoms with Gasteiger partial charge in [-0.3, -0.25) is 0 Å². The molecule has 0 fully saturated rings. The Labute approximate surface area is 69.1 Å². The monoisotopic (exact) mass is 306 g/mol. The van der Waals surface area contributed by atoms with Gasteiger partial charge in [-0.1, -0.05) is 0 Å². The first-order chi connectivity index (χ1) is 1.73.